The van der Waals surface area contributed by atoms with Crippen LogP contribution in [-0.4, -0.2) is 10.9 Å². The molecule has 0 radical (unpaired) electrons. The Morgan fingerprint density at radius 2 is 1.90 bits per heavy atom. The molecule has 0 bridgehead atoms. The van der Waals surface area contributed by atoms with Crippen LogP contribution in [0.25, 0.3) is 17.1 Å². The van der Waals surface area contributed by atoms with Gasteiger partial charge in [-0.05, 0) is 30.7 Å². The summed E-state index contributed by atoms with van der Waals surface area (Å²) in [5, 5.41) is 2.78. The van der Waals surface area contributed by atoms with Gasteiger partial charge in [-0.25, -0.2) is 15.3 Å². The van der Waals surface area contributed by atoms with Crippen molar-refractivity contribution in [2.75, 3.05) is 5.32 Å². The van der Waals surface area contributed by atoms with Crippen molar-refractivity contribution in [3.05, 3.63) is 65.7 Å². The van der Waals surface area contributed by atoms with Gasteiger partial charge in [0.1, 0.15) is 11.0 Å². The summed E-state index contributed by atoms with van der Waals surface area (Å²) in [6.45, 7) is 2.03. The number of H-pyrrole nitrogens is 2. The van der Waals surface area contributed by atoms with Crippen LogP contribution in [0.3, 0.4) is 0 Å². The van der Waals surface area contributed by atoms with Gasteiger partial charge in [-0.2, -0.15) is 0 Å². The maximum Gasteiger partial charge on any atom is 0.361 e. The van der Waals surface area contributed by atoms with Crippen molar-refractivity contribution < 1.29 is 9.78 Å². The van der Waals surface area contributed by atoms with Crippen molar-refractivity contribution in [2.24, 2.45) is 0 Å². The summed E-state index contributed by atoms with van der Waals surface area (Å²) in [4.78, 5) is 18.1. The molecule has 0 saturated heterocycles. The summed E-state index contributed by atoms with van der Waals surface area (Å²) in [6.07, 6.45) is 3.31. The summed E-state index contributed by atoms with van der Waals surface area (Å²) in [5.41, 5.74) is 4.10. The quantitative estimate of drug-likeness (QED) is 0.711. The third-order valence-corrected chi connectivity index (χ3v) is 3.20. The molecule has 0 aliphatic heterocycles. The molecule has 3 rings (SSSR count). The number of fused-ring (bicyclic) bond motifs is 1. The number of amides is 1. The molecule has 4 heteroatoms. The molecular formula is C17H16N3O+. The molecule has 104 valence electrons. The molecule has 0 fully saturated rings. The van der Waals surface area contributed by atoms with Gasteiger partial charge in [-0.15, -0.1) is 0 Å². The van der Waals surface area contributed by atoms with E-state index in [2.05, 4.69) is 15.3 Å². The van der Waals surface area contributed by atoms with Crippen LogP contribution in [0.2, 0.25) is 0 Å². The number of rotatable bonds is 3. The smallest absolute Gasteiger partial charge is 0.251 e. The van der Waals surface area contributed by atoms with Crippen molar-refractivity contribution >= 4 is 29.0 Å². The first kappa shape index (κ1) is 13.1. The van der Waals surface area contributed by atoms with Crippen LogP contribution in [0.1, 0.15) is 11.1 Å². The normalized spacial score (nSPS) is 11.1. The number of aromatic amines is 2. The first-order valence-electron chi connectivity index (χ1n) is 6.76. The van der Waals surface area contributed by atoms with E-state index in [0.717, 1.165) is 16.6 Å². The van der Waals surface area contributed by atoms with Crippen LogP contribution < -0.4 is 10.3 Å². The SMILES string of the molecule is Cc1ccc(C=CC(=O)Nc2[nH]c3ccccc3[nH+]2)cc1. The zero-order chi connectivity index (χ0) is 14.7. The van der Waals surface area contributed by atoms with Crippen molar-refractivity contribution in [1.29, 1.82) is 0 Å². The second-order valence-corrected chi connectivity index (χ2v) is 4.90. The van der Waals surface area contributed by atoms with Gasteiger partial charge < -0.3 is 0 Å². The Hall–Kier alpha value is -2.88. The van der Waals surface area contributed by atoms with Crippen molar-refractivity contribution in [3.63, 3.8) is 0 Å². The fourth-order valence-corrected chi connectivity index (χ4v) is 2.08. The molecule has 21 heavy (non-hydrogen) atoms. The number of benzene rings is 2. The average molecular weight is 278 g/mol. The van der Waals surface area contributed by atoms with Crippen LogP contribution in [0.15, 0.2) is 54.6 Å². The Kier molecular flexibility index (Phi) is 3.51. The zero-order valence-electron chi connectivity index (χ0n) is 11.7. The Labute approximate surface area is 122 Å². The minimum atomic E-state index is -0.182. The van der Waals surface area contributed by atoms with Crippen LogP contribution in [0.4, 0.5) is 5.95 Å². The number of aromatic nitrogens is 2. The summed E-state index contributed by atoms with van der Waals surface area (Å²) in [5.74, 6) is 0.396. The van der Waals surface area contributed by atoms with E-state index in [9.17, 15) is 4.79 Å². The number of aryl methyl sites for hydroxylation is 1. The van der Waals surface area contributed by atoms with E-state index < -0.39 is 0 Å². The lowest BCUT2D eigenvalue weighted by molar-refractivity contribution is -0.326. The Morgan fingerprint density at radius 3 is 2.67 bits per heavy atom. The topological polar surface area (TPSA) is 59.0 Å². The van der Waals surface area contributed by atoms with E-state index in [0.29, 0.717) is 5.95 Å². The number of anilines is 1. The molecule has 0 spiro atoms. The first-order valence-corrected chi connectivity index (χ1v) is 6.76. The lowest BCUT2D eigenvalue weighted by Gasteiger charge is -1.94. The highest BCUT2D eigenvalue weighted by atomic mass is 16.1. The van der Waals surface area contributed by atoms with Crippen molar-refractivity contribution in [3.8, 4) is 0 Å². The lowest BCUT2D eigenvalue weighted by atomic mass is 10.1. The molecule has 1 amide bonds. The number of hydrogen-bond acceptors (Lipinski definition) is 1. The molecule has 0 aliphatic carbocycles. The first-order chi connectivity index (χ1) is 10.2. The van der Waals surface area contributed by atoms with Crippen molar-refractivity contribution in [2.45, 2.75) is 6.92 Å². The van der Waals surface area contributed by atoms with Gasteiger partial charge in [-0.3, -0.25) is 4.79 Å². The van der Waals surface area contributed by atoms with Gasteiger partial charge >= 0.3 is 11.9 Å². The number of nitrogens with one attached hydrogen (secondary N) is 3. The predicted molar refractivity (Wildman–Crippen MR) is 83.7 cm³/mol. The molecule has 1 heterocycles. The fraction of sp³-hybridized carbons (Fsp3) is 0.0588. The highest BCUT2D eigenvalue weighted by Gasteiger charge is 2.10. The Morgan fingerprint density at radius 1 is 1.14 bits per heavy atom. The van der Waals surface area contributed by atoms with Crippen LogP contribution in [0.5, 0.6) is 0 Å². The minimum absolute atomic E-state index is 0.182. The number of para-hydroxylation sites is 2. The van der Waals surface area contributed by atoms with Crippen LogP contribution in [0, 0.1) is 6.92 Å². The third kappa shape index (κ3) is 3.17. The number of carbonyl (C=O) groups is 1. The molecule has 0 aliphatic rings. The molecule has 3 N–H and O–H groups in total. The zero-order valence-corrected chi connectivity index (χ0v) is 11.7. The van der Waals surface area contributed by atoms with Crippen LogP contribution >= 0.6 is 0 Å². The van der Waals surface area contributed by atoms with Gasteiger partial charge in [0.25, 0.3) is 0 Å². The molecular weight excluding hydrogens is 262 g/mol. The fourth-order valence-electron chi connectivity index (χ4n) is 2.08. The van der Waals surface area contributed by atoms with Gasteiger partial charge in [0.15, 0.2) is 0 Å². The average Bonchev–Trinajstić information content (AvgIpc) is 2.88. The predicted octanol–water partition coefficient (Wildman–Crippen LogP) is 2.94. The Bertz CT molecular complexity index is 767. The van der Waals surface area contributed by atoms with Gasteiger partial charge in [-0.1, -0.05) is 42.0 Å². The maximum absolute atomic E-state index is 11.9. The molecule has 0 unspecified atom stereocenters. The van der Waals surface area contributed by atoms with Gasteiger partial charge in [0.2, 0.25) is 0 Å². The van der Waals surface area contributed by atoms with Gasteiger partial charge in [0.05, 0.1) is 0 Å². The second kappa shape index (κ2) is 5.63. The largest absolute Gasteiger partial charge is 0.361 e. The summed E-state index contributed by atoms with van der Waals surface area (Å²) < 4.78 is 0. The van der Waals surface area contributed by atoms with E-state index in [1.807, 2.05) is 55.5 Å². The maximum atomic E-state index is 11.9. The minimum Gasteiger partial charge on any atom is -0.251 e. The molecule has 0 atom stereocenters. The summed E-state index contributed by atoms with van der Waals surface area (Å²) >= 11 is 0. The highest BCUT2D eigenvalue weighted by Crippen LogP contribution is 2.09. The lowest BCUT2D eigenvalue weighted by Crippen LogP contribution is -2.15. The number of hydrogen-bond donors (Lipinski definition) is 2. The summed E-state index contributed by atoms with van der Waals surface area (Å²) in [7, 11) is 0. The molecule has 2 aromatic carbocycles. The standard InChI is InChI=1S/C17H15N3O/c1-12-6-8-13(9-7-12)10-11-16(21)20-17-18-14-4-2-3-5-15(14)19-17/h2-11H,1H3,(H2,18,19,20,21)/p+1. The summed E-state index contributed by atoms with van der Waals surface area (Å²) in [6, 6.07) is 15.8. The molecule has 3 aromatic rings. The van der Waals surface area contributed by atoms with Gasteiger partial charge in [0, 0.05) is 6.08 Å². The van der Waals surface area contributed by atoms with E-state index in [1.54, 1.807) is 6.08 Å². The van der Waals surface area contributed by atoms with E-state index in [1.165, 1.54) is 11.6 Å². The van der Waals surface area contributed by atoms with Crippen molar-refractivity contribution in [1.82, 2.24) is 4.98 Å². The monoisotopic (exact) mass is 278 g/mol. The second-order valence-electron chi connectivity index (χ2n) is 4.90. The number of carbonyl (C=O) groups excluding carboxylic acids is 1. The van der Waals surface area contributed by atoms with E-state index >= 15 is 0 Å². The highest BCUT2D eigenvalue weighted by molar-refractivity contribution is 6.00. The molecule has 0 saturated carbocycles. The number of imidazole rings is 1. The Balaban J connectivity index is 1.69. The molecule has 1 aromatic heterocycles. The molecule has 4 nitrogen and oxygen atoms in total. The van der Waals surface area contributed by atoms with E-state index in [4.69, 9.17) is 0 Å². The van der Waals surface area contributed by atoms with Crippen LogP contribution in [-0.2, 0) is 4.79 Å². The van der Waals surface area contributed by atoms with E-state index in [-0.39, 0.29) is 5.91 Å². The third-order valence-electron chi connectivity index (χ3n) is 3.20.